The monoisotopic (exact) mass is 366 g/mol. The number of hydrogen-bond acceptors (Lipinski definition) is 5. The first-order valence-corrected chi connectivity index (χ1v) is 9.03. The zero-order valence-corrected chi connectivity index (χ0v) is 15.0. The first-order chi connectivity index (χ1) is 13.2. The largest absolute Gasteiger partial charge is 0.489 e. The summed E-state index contributed by atoms with van der Waals surface area (Å²) in [5, 5.41) is 0. The molecule has 1 fully saturated rings. The van der Waals surface area contributed by atoms with Gasteiger partial charge in [0.05, 0.1) is 31.9 Å². The second-order valence-electron chi connectivity index (χ2n) is 6.44. The van der Waals surface area contributed by atoms with Gasteiger partial charge in [0.1, 0.15) is 0 Å². The maximum atomic E-state index is 12.2. The molecule has 0 atom stereocenters. The minimum Gasteiger partial charge on any atom is -0.489 e. The van der Waals surface area contributed by atoms with Crippen molar-refractivity contribution in [1.29, 1.82) is 0 Å². The molecule has 1 saturated heterocycles. The molecule has 0 saturated carbocycles. The Balaban J connectivity index is 1.45. The number of carbonyl (C=O) groups excluding carboxylic acids is 1. The number of nitrogens with zero attached hydrogens (tertiary/aromatic N) is 3. The molecule has 7 nitrogen and oxygen atoms in total. The number of aromatic nitrogens is 2. The van der Waals surface area contributed by atoms with E-state index in [2.05, 4.69) is 4.98 Å². The van der Waals surface area contributed by atoms with Gasteiger partial charge < -0.3 is 24.5 Å². The summed E-state index contributed by atoms with van der Waals surface area (Å²) in [5.74, 6) is 0.755. The fraction of sp³-hybridized carbons (Fsp3) is 0.300. The summed E-state index contributed by atoms with van der Waals surface area (Å²) in [6.45, 7) is 2.83. The Morgan fingerprint density at radius 1 is 1.19 bits per heavy atom. The third kappa shape index (κ3) is 3.88. The molecule has 2 aromatic heterocycles. The van der Waals surface area contributed by atoms with Crippen LogP contribution in [0.1, 0.15) is 6.42 Å². The van der Waals surface area contributed by atoms with Crippen molar-refractivity contribution in [2.24, 2.45) is 0 Å². The Labute approximate surface area is 157 Å². The van der Waals surface area contributed by atoms with Gasteiger partial charge in [-0.1, -0.05) is 12.1 Å². The fourth-order valence-electron chi connectivity index (χ4n) is 3.11. The average Bonchev–Trinajstić information content (AvgIpc) is 3.14. The Morgan fingerprint density at radius 3 is 2.74 bits per heavy atom. The van der Waals surface area contributed by atoms with Gasteiger partial charge in [-0.2, -0.15) is 0 Å². The number of morpholine rings is 1. The third-order valence-electron chi connectivity index (χ3n) is 4.59. The van der Waals surface area contributed by atoms with Crippen molar-refractivity contribution in [2.75, 3.05) is 38.6 Å². The number of benzene rings is 1. The number of imidazole rings is 1. The average molecular weight is 366 g/mol. The summed E-state index contributed by atoms with van der Waals surface area (Å²) in [4.78, 5) is 18.7. The van der Waals surface area contributed by atoms with Crippen LogP contribution in [-0.2, 0) is 9.53 Å². The quantitative estimate of drug-likeness (QED) is 0.700. The molecule has 1 amide bonds. The molecular weight excluding hydrogens is 344 g/mol. The van der Waals surface area contributed by atoms with Crippen LogP contribution in [0.2, 0.25) is 0 Å². The predicted octanol–water partition coefficient (Wildman–Crippen LogP) is 2.21. The molecule has 0 unspecified atom stereocenters. The van der Waals surface area contributed by atoms with Crippen molar-refractivity contribution in [3.63, 3.8) is 0 Å². The van der Waals surface area contributed by atoms with Gasteiger partial charge in [0.15, 0.2) is 11.4 Å². The van der Waals surface area contributed by atoms with E-state index < -0.39 is 0 Å². The lowest BCUT2D eigenvalue weighted by Crippen LogP contribution is -2.41. The van der Waals surface area contributed by atoms with Crippen LogP contribution in [0.3, 0.4) is 0 Å². The number of carbonyl (C=O) groups is 1. The lowest BCUT2D eigenvalue weighted by molar-refractivity contribution is -0.135. The summed E-state index contributed by atoms with van der Waals surface area (Å²) in [6, 6.07) is 11.4. The smallest absolute Gasteiger partial charge is 0.226 e. The van der Waals surface area contributed by atoms with Crippen LogP contribution >= 0.6 is 0 Å². The predicted molar refractivity (Wildman–Crippen MR) is 103 cm³/mol. The topological polar surface area (TPSA) is 82.1 Å². The van der Waals surface area contributed by atoms with Crippen LogP contribution in [0.15, 0.2) is 48.8 Å². The Kier molecular flexibility index (Phi) is 4.93. The molecule has 1 aromatic carbocycles. The van der Waals surface area contributed by atoms with Gasteiger partial charge >= 0.3 is 0 Å². The molecule has 0 bridgehead atoms. The molecule has 27 heavy (non-hydrogen) atoms. The maximum absolute atomic E-state index is 12.2. The fourth-order valence-corrected chi connectivity index (χ4v) is 3.11. The highest BCUT2D eigenvalue weighted by molar-refractivity contribution is 5.76. The van der Waals surface area contributed by atoms with E-state index in [1.165, 1.54) is 0 Å². The summed E-state index contributed by atoms with van der Waals surface area (Å²) in [7, 11) is 0. The highest BCUT2D eigenvalue weighted by Gasteiger charge is 2.17. The van der Waals surface area contributed by atoms with Crippen molar-refractivity contribution < 1.29 is 14.3 Å². The van der Waals surface area contributed by atoms with Crippen molar-refractivity contribution in [3.05, 3.63) is 48.8 Å². The molecular formula is C20H22N4O3. The number of anilines is 1. The molecule has 3 heterocycles. The van der Waals surface area contributed by atoms with E-state index in [0.29, 0.717) is 45.1 Å². The van der Waals surface area contributed by atoms with Gasteiger partial charge in [-0.05, 0) is 24.3 Å². The van der Waals surface area contributed by atoms with Gasteiger partial charge in [-0.25, -0.2) is 4.98 Å². The Morgan fingerprint density at radius 2 is 1.96 bits per heavy atom. The molecule has 7 heteroatoms. The third-order valence-corrected chi connectivity index (χ3v) is 4.59. The minimum absolute atomic E-state index is 0.0937. The first-order valence-electron chi connectivity index (χ1n) is 9.03. The van der Waals surface area contributed by atoms with Crippen LogP contribution in [0.4, 0.5) is 5.69 Å². The second-order valence-corrected chi connectivity index (χ2v) is 6.44. The van der Waals surface area contributed by atoms with Gasteiger partial charge in [0, 0.05) is 36.7 Å². The number of fused-ring (bicyclic) bond motifs is 1. The van der Waals surface area contributed by atoms with E-state index in [9.17, 15) is 4.79 Å². The molecule has 0 aliphatic carbocycles. The summed E-state index contributed by atoms with van der Waals surface area (Å²) in [5.41, 5.74) is 9.03. The number of rotatable bonds is 5. The summed E-state index contributed by atoms with van der Waals surface area (Å²) < 4.78 is 13.1. The molecule has 1 aliphatic heterocycles. The first kappa shape index (κ1) is 17.4. The van der Waals surface area contributed by atoms with E-state index in [0.717, 1.165) is 22.6 Å². The van der Waals surface area contributed by atoms with E-state index in [4.69, 9.17) is 15.2 Å². The highest BCUT2D eigenvalue weighted by atomic mass is 16.5. The molecule has 1 aliphatic rings. The van der Waals surface area contributed by atoms with E-state index in [1.54, 1.807) is 0 Å². The number of hydrogen-bond donors (Lipinski definition) is 1. The van der Waals surface area contributed by atoms with Crippen molar-refractivity contribution in [1.82, 2.24) is 14.3 Å². The van der Waals surface area contributed by atoms with Crippen LogP contribution < -0.4 is 10.5 Å². The maximum Gasteiger partial charge on any atom is 0.226 e. The van der Waals surface area contributed by atoms with Gasteiger partial charge in [0.25, 0.3) is 0 Å². The highest BCUT2D eigenvalue weighted by Crippen LogP contribution is 2.25. The summed E-state index contributed by atoms with van der Waals surface area (Å²) in [6.07, 6.45) is 4.22. The van der Waals surface area contributed by atoms with Gasteiger partial charge in [0.2, 0.25) is 5.91 Å². The standard InChI is InChI=1S/C20H22N4O3/c21-16-5-3-15(4-6-16)17-14-24-8-1-2-18(20(24)22-17)27-11-7-19(25)23-9-12-26-13-10-23/h1-6,8,14H,7,9-13,21H2. The summed E-state index contributed by atoms with van der Waals surface area (Å²) >= 11 is 0. The molecule has 3 aromatic rings. The van der Waals surface area contributed by atoms with Crippen LogP contribution in [0.25, 0.3) is 16.9 Å². The number of pyridine rings is 1. The number of nitrogen functional groups attached to an aromatic ring is 1. The molecule has 0 radical (unpaired) electrons. The zero-order valence-electron chi connectivity index (χ0n) is 15.0. The minimum atomic E-state index is 0.0937. The van der Waals surface area contributed by atoms with E-state index in [1.807, 2.05) is 58.1 Å². The lowest BCUT2D eigenvalue weighted by Gasteiger charge is -2.26. The van der Waals surface area contributed by atoms with Crippen molar-refractivity contribution >= 4 is 17.2 Å². The van der Waals surface area contributed by atoms with E-state index in [-0.39, 0.29) is 5.91 Å². The number of amides is 1. The van der Waals surface area contributed by atoms with Crippen LogP contribution in [-0.4, -0.2) is 53.1 Å². The van der Waals surface area contributed by atoms with Gasteiger partial charge in [-0.15, -0.1) is 0 Å². The molecule has 4 rings (SSSR count). The molecule has 2 N–H and O–H groups in total. The van der Waals surface area contributed by atoms with Gasteiger partial charge in [-0.3, -0.25) is 4.79 Å². The Bertz CT molecular complexity index is 930. The number of ether oxygens (including phenoxy) is 2. The van der Waals surface area contributed by atoms with Crippen LogP contribution in [0.5, 0.6) is 5.75 Å². The van der Waals surface area contributed by atoms with Crippen LogP contribution in [0, 0.1) is 0 Å². The Hall–Kier alpha value is -3.06. The normalized spacial score (nSPS) is 14.4. The second kappa shape index (κ2) is 7.67. The van der Waals surface area contributed by atoms with E-state index >= 15 is 0 Å². The number of nitrogens with two attached hydrogens (primary N) is 1. The zero-order chi connectivity index (χ0) is 18.6. The molecule has 0 spiro atoms. The van der Waals surface area contributed by atoms with Crippen molar-refractivity contribution in [3.8, 4) is 17.0 Å². The van der Waals surface area contributed by atoms with Crippen molar-refractivity contribution in [2.45, 2.75) is 6.42 Å². The molecule has 140 valence electrons. The SMILES string of the molecule is Nc1ccc(-c2cn3cccc(OCCC(=O)N4CCOCC4)c3n2)cc1. The lowest BCUT2D eigenvalue weighted by atomic mass is 10.1.